The lowest BCUT2D eigenvalue weighted by molar-refractivity contribution is 0.0734. The monoisotopic (exact) mass is 305 g/mol. The number of aliphatic hydroxyl groups excluding tert-OH is 1. The van der Waals surface area contributed by atoms with E-state index in [4.69, 9.17) is 11.6 Å². The van der Waals surface area contributed by atoms with Gasteiger partial charge in [0.1, 0.15) is 0 Å². The van der Waals surface area contributed by atoms with Gasteiger partial charge in [0.2, 0.25) is 0 Å². The summed E-state index contributed by atoms with van der Waals surface area (Å²) < 4.78 is 0.905. The highest BCUT2D eigenvalue weighted by molar-refractivity contribution is 9.10. The molecule has 0 fully saturated rings. The van der Waals surface area contributed by atoms with Crippen LogP contribution in [0.5, 0.6) is 0 Å². The van der Waals surface area contributed by atoms with Gasteiger partial charge < -0.3 is 5.11 Å². The molecular formula is C12H17BrClNO. The lowest BCUT2D eigenvalue weighted by Gasteiger charge is -2.33. The van der Waals surface area contributed by atoms with Gasteiger partial charge in [0.15, 0.2) is 0 Å². The van der Waals surface area contributed by atoms with Crippen LogP contribution in [0.3, 0.4) is 0 Å². The highest BCUT2D eigenvalue weighted by Gasteiger charge is 2.22. The molecule has 0 aliphatic carbocycles. The minimum atomic E-state index is -0.216. The average molecular weight is 307 g/mol. The first kappa shape index (κ1) is 14.0. The van der Waals surface area contributed by atoms with Crippen molar-refractivity contribution in [3.8, 4) is 0 Å². The van der Waals surface area contributed by atoms with E-state index in [9.17, 15) is 5.11 Å². The summed E-state index contributed by atoms with van der Waals surface area (Å²) in [4.78, 5) is 2.11. The third-order valence-corrected chi connectivity index (χ3v) is 4.04. The summed E-state index contributed by atoms with van der Waals surface area (Å²) in [6.07, 6.45) is 0. The minimum Gasteiger partial charge on any atom is -0.394 e. The number of hydrogen-bond acceptors (Lipinski definition) is 2. The summed E-state index contributed by atoms with van der Waals surface area (Å²) in [7, 11) is 2.00. The molecule has 1 N–H and O–H groups in total. The highest BCUT2D eigenvalue weighted by Crippen LogP contribution is 2.24. The van der Waals surface area contributed by atoms with Crippen LogP contribution in [0.4, 0.5) is 0 Å². The van der Waals surface area contributed by atoms with Crippen LogP contribution >= 0.6 is 27.5 Å². The van der Waals surface area contributed by atoms with E-state index in [1.807, 2.05) is 39.1 Å². The van der Waals surface area contributed by atoms with Crippen molar-refractivity contribution in [1.29, 1.82) is 0 Å². The molecule has 0 heterocycles. The second-order valence-electron chi connectivity index (χ2n) is 4.58. The molecule has 4 heteroatoms. The van der Waals surface area contributed by atoms with Gasteiger partial charge in [-0.25, -0.2) is 0 Å². The molecule has 0 atom stereocenters. The third-order valence-electron chi connectivity index (χ3n) is 2.82. The van der Waals surface area contributed by atoms with Crippen molar-refractivity contribution in [2.45, 2.75) is 25.9 Å². The van der Waals surface area contributed by atoms with Crippen LogP contribution in [0.25, 0.3) is 0 Å². The van der Waals surface area contributed by atoms with Crippen LogP contribution < -0.4 is 0 Å². The van der Waals surface area contributed by atoms with Crippen molar-refractivity contribution in [3.05, 3.63) is 33.3 Å². The molecular weight excluding hydrogens is 289 g/mol. The van der Waals surface area contributed by atoms with Crippen molar-refractivity contribution in [1.82, 2.24) is 4.90 Å². The average Bonchev–Trinajstić information content (AvgIpc) is 2.23. The second kappa shape index (κ2) is 5.50. The van der Waals surface area contributed by atoms with Gasteiger partial charge in [-0.1, -0.05) is 17.7 Å². The topological polar surface area (TPSA) is 23.5 Å². The van der Waals surface area contributed by atoms with E-state index in [2.05, 4.69) is 20.8 Å². The van der Waals surface area contributed by atoms with Gasteiger partial charge in [-0.3, -0.25) is 4.90 Å². The molecule has 0 bridgehead atoms. The van der Waals surface area contributed by atoms with E-state index >= 15 is 0 Å². The van der Waals surface area contributed by atoms with Crippen molar-refractivity contribution in [2.75, 3.05) is 13.7 Å². The number of likely N-dealkylation sites (N-methyl/N-ethyl adjacent to an activating group) is 1. The van der Waals surface area contributed by atoms with Crippen molar-refractivity contribution in [2.24, 2.45) is 0 Å². The molecule has 1 aromatic rings. The minimum absolute atomic E-state index is 0.137. The molecule has 0 radical (unpaired) electrons. The predicted molar refractivity (Wildman–Crippen MR) is 71.8 cm³/mol. The van der Waals surface area contributed by atoms with Crippen LogP contribution in [0.2, 0.25) is 5.02 Å². The van der Waals surface area contributed by atoms with Gasteiger partial charge in [-0.15, -0.1) is 0 Å². The summed E-state index contributed by atoms with van der Waals surface area (Å²) in [6, 6.07) is 5.88. The van der Waals surface area contributed by atoms with Crippen molar-refractivity contribution < 1.29 is 5.11 Å². The first-order valence-corrected chi connectivity index (χ1v) is 6.30. The molecule has 0 unspecified atom stereocenters. The molecule has 0 saturated heterocycles. The fourth-order valence-corrected chi connectivity index (χ4v) is 1.79. The first-order chi connectivity index (χ1) is 7.36. The molecule has 90 valence electrons. The summed E-state index contributed by atoms with van der Waals surface area (Å²) in [5.41, 5.74) is 0.951. The Kier molecular flexibility index (Phi) is 4.80. The number of hydrogen-bond donors (Lipinski definition) is 1. The number of halogens is 2. The Morgan fingerprint density at radius 1 is 1.44 bits per heavy atom. The number of benzene rings is 1. The van der Waals surface area contributed by atoms with Crippen LogP contribution in [0.1, 0.15) is 19.4 Å². The zero-order valence-electron chi connectivity index (χ0n) is 9.80. The molecule has 1 rings (SSSR count). The zero-order chi connectivity index (χ0) is 12.3. The molecule has 0 aliphatic heterocycles. The van der Waals surface area contributed by atoms with Gasteiger partial charge in [0.05, 0.1) is 11.6 Å². The summed E-state index contributed by atoms with van der Waals surface area (Å²) in [6.45, 7) is 4.94. The fourth-order valence-electron chi connectivity index (χ4n) is 1.25. The number of rotatable bonds is 4. The van der Waals surface area contributed by atoms with Crippen LogP contribution in [0.15, 0.2) is 22.7 Å². The smallest absolute Gasteiger partial charge is 0.0610 e. The van der Waals surface area contributed by atoms with Gasteiger partial charge in [0, 0.05) is 16.6 Å². The normalized spacial score (nSPS) is 12.2. The van der Waals surface area contributed by atoms with Gasteiger partial charge in [-0.2, -0.15) is 0 Å². The number of aliphatic hydroxyl groups is 1. The molecule has 0 amide bonds. The Morgan fingerprint density at radius 3 is 2.56 bits per heavy atom. The van der Waals surface area contributed by atoms with E-state index < -0.39 is 0 Å². The summed E-state index contributed by atoms with van der Waals surface area (Å²) in [5.74, 6) is 0. The lowest BCUT2D eigenvalue weighted by atomic mass is 10.0. The van der Waals surface area contributed by atoms with Gasteiger partial charge >= 0.3 is 0 Å². The molecule has 1 aromatic carbocycles. The predicted octanol–water partition coefficient (Wildman–Crippen LogP) is 3.31. The molecule has 0 saturated carbocycles. The molecule has 16 heavy (non-hydrogen) atoms. The van der Waals surface area contributed by atoms with Gasteiger partial charge in [0.25, 0.3) is 0 Å². The Morgan fingerprint density at radius 2 is 2.06 bits per heavy atom. The molecule has 2 nitrogen and oxygen atoms in total. The summed E-state index contributed by atoms with van der Waals surface area (Å²) >= 11 is 9.34. The van der Waals surface area contributed by atoms with Crippen molar-refractivity contribution in [3.63, 3.8) is 0 Å². The summed E-state index contributed by atoms with van der Waals surface area (Å²) in [5, 5.41) is 9.98. The Balaban J connectivity index is 2.77. The third kappa shape index (κ3) is 3.45. The lowest BCUT2D eigenvalue weighted by Crippen LogP contribution is -2.43. The Bertz CT molecular complexity index is 368. The largest absolute Gasteiger partial charge is 0.394 e. The quantitative estimate of drug-likeness (QED) is 0.922. The van der Waals surface area contributed by atoms with Gasteiger partial charge in [-0.05, 0) is 54.5 Å². The molecule has 0 aliphatic rings. The van der Waals surface area contributed by atoms with E-state index in [1.54, 1.807) is 0 Å². The highest BCUT2D eigenvalue weighted by atomic mass is 79.9. The molecule has 0 spiro atoms. The maximum Gasteiger partial charge on any atom is 0.0610 e. The maximum atomic E-state index is 9.27. The molecule has 0 aromatic heterocycles. The second-order valence-corrected chi connectivity index (χ2v) is 5.84. The van der Waals surface area contributed by atoms with Crippen LogP contribution in [-0.2, 0) is 6.54 Å². The van der Waals surface area contributed by atoms with Crippen molar-refractivity contribution >= 4 is 27.5 Å². The standard InChI is InChI=1S/C12H17BrClNO/c1-12(2,8-16)15(3)7-9-4-5-11(14)10(13)6-9/h4-6,16H,7-8H2,1-3H3. The SMILES string of the molecule is CN(Cc1ccc(Cl)c(Br)c1)C(C)(C)CO. The van der Waals surface area contributed by atoms with E-state index in [0.29, 0.717) is 5.02 Å². The Hall–Kier alpha value is -0.0900. The Labute approximate surface area is 110 Å². The van der Waals surface area contributed by atoms with E-state index in [1.165, 1.54) is 5.56 Å². The van der Waals surface area contributed by atoms with E-state index in [-0.39, 0.29) is 12.1 Å². The maximum absolute atomic E-state index is 9.27. The van der Waals surface area contributed by atoms with E-state index in [0.717, 1.165) is 11.0 Å². The first-order valence-electron chi connectivity index (χ1n) is 5.13. The van der Waals surface area contributed by atoms with Crippen LogP contribution in [-0.4, -0.2) is 29.2 Å². The number of nitrogens with zero attached hydrogens (tertiary/aromatic N) is 1. The fraction of sp³-hybridized carbons (Fsp3) is 0.500. The zero-order valence-corrected chi connectivity index (χ0v) is 12.1. The van der Waals surface area contributed by atoms with Crippen LogP contribution in [0, 0.1) is 0 Å².